The third-order valence-corrected chi connectivity index (χ3v) is 3.73. The van der Waals surface area contributed by atoms with Crippen molar-refractivity contribution >= 4 is 11.8 Å². The largest absolute Gasteiger partial charge is 0.443 e. The number of non-ortho nitro benzene ring substituents is 1. The van der Waals surface area contributed by atoms with Crippen molar-refractivity contribution in [3.8, 4) is 0 Å². The van der Waals surface area contributed by atoms with Gasteiger partial charge in [0.05, 0.1) is 4.92 Å². The van der Waals surface area contributed by atoms with E-state index in [1.807, 2.05) is 6.07 Å². The molecular formula is C14H18N2O4. The summed E-state index contributed by atoms with van der Waals surface area (Å²) in [5, 5.41) is 10.8. The number of nitro groups is 1. The van der Waals surface area contributed by atoms with Crippen LogP contribution >= 0.6 is 0 Å². The molecule has 1 aromatic carbocycles. The summed E-state index contributed by atoms with van der Waals surface area (Å²) in [6, 6.07) is 6.44. The molecule has 0 aromatic heterocycles. The first kappa shape index (κ1) is 14.3. The molecule has 1 aromatic rings. The van der Waals surface area contributed by atoms with Crippen LogP contribution in [0.1, 0.15) is 37.7 Å². The van der Waals surface area contributed by atoms with Crippen molar-refractivity contribution in [1.29, 1.82) is 0 Å². The summed E-state index contributed by atoms with van der Waals surface area (Å²) in [4.78, 5) is 21.5. The van der Waals surface area contributed by atoms with Crippen LogP contribution in [0, 0.1) is 10.1 Å². The molecule has 6 heteroatoms. The van der Waals surface area contributed by atoms with Gasteiger partial charge in [-0.3, -0.25) is 10.1 Å². The normalized spacial score (nSPS) is 17.4. The van der Waals surface area contributed by atoms with Gasteiger partial charge in [-0.1, -0.05) is 18.6 Å². The fourth-order valence-corrected chi connectivity index (χ4v) is 2.88. The van der Waals surface area contributed by atoms with Crippen molar-refractivity contribution in [3.05, 3.63) is 39.9 Å². The Labute approximate surface area is 117 Å². The molecule has 0 unspecified atom stereocenters. The van der Waals surface area contributed by atoms with E-state index in [4.69, 9.17) is 10.5 Å². The maximum Gasteiger partial charge on any atom is 0.405 e. The lowest BCUT2D eigenvalue weighted by Gasteiger charge is -2.36. The summed E-state index contributed by atoms with van der Waals surface area (Å²) in [5.41, 5.74) is 5.40. The van der Waals surface area contributed by atoms with Crippen molar-refractivity contribution in [2.24, 2.45) is 5.73 Å². The molecule has 0 aliphatic heterocycles. The van der Waals surface area contributed by atoms with Crippen LogP contribution in [-0.4, -0.2) is 16.6 Å². The number of nitrogens with two attached hydrogens (primary N) is 1. The van der Waals surface area contributed by atoms with E-state index in [9.17, 15) is 14.9 Å². The Kier molecular flexibility index (Phi) is 4.22. The lowest BCUT2D eigenvalue weighted by atomic mass is 9.80. The van der Waals surface area contributed by atoms with Gasteiger partial charge in [0, 0.05) is 18.6 Å². The second-order valence-electron chi connectivity index (χ2n) is 5.27. The van der Waals surface area contributed by atoms with Crippen LogP contribution in [0.15, 0.2) is 24.3 Å². The molecule has 20 heavy (non-hydrogen) atoms. The highest BCUT2D eigenvalue weighted by Crippen LogP contribution is 2.35. The van der Waals surface area contributed by atoms with Gasteiger partial charge in [-0.2, -0.15) is 0 Å². The third kappa shape index (κ3) is 3.46. The number of hydrogen-bond donors (Lipinski definition) is 1. The second kappa shape index (κ2) is 5.90. The van der Waals surface area contributed by atoms with E-state index in [1.165, 1.54) is 12.1 Å². The van der Waals surface area contributed by atoms with Crippen LogP contribution in [0.4, 0.5) is 10.5 Å². The van der Waals surface area contributed by atoms with Crippen LogP contribution in [0.25, 0.3) is 0 Å². The molecule has 0 radical (unpaired) electrons. The summed E-state index contributed by atoms with van der Waals surface area (Å²) in [7, 11) is 0. The zero-order valence-corrected chi connectivity index (χ0v) is 11.2. The van der Waals surface area contributed by atoms with Crippen LogP contribution in [0.5, 0.6) is 0 Å². The van der Waals surface area contributed by atoms with E-state index < -0.39 is 16.6 Å². The number of rotatable bonds is 4. The molecule has 1 aliphatic rings. The Morgan fingerprint density at radius 1 is 1.35 bits per heavy atom. The number of carbonyl (C=O) groups is 1. The Morgan fingerprint density at radius 3 is 2.65 bits per heavy atom. The summed E-state index contributed by atoms with van der Waals surface area (Å²) in [6.07, 6.45) is 4.25. The maximum atomic E-state index is 11.1. The minimum Gasteiger partial charge on any atom is -0.443 e. The zero-order valence-electron chi connectivity index (χ0n) is 11.2. The Hall–Kier alpha value is -2.11. The number of amides is 1. The van der Waals surface area contributed by atoms with Gasteiger partial charge in [0.2, 0.25) is 0 Å². The van der Waals surface area contributed by atoms with Crippen molar-refractivity contribution in [2.45, 2.75) is 44.1 Å². The second-order valence-corrected chi connectivity index (χ2v) is 5.27. The summed E-state index contributed by atoms with van der Waals surface area (Å²) in [5.74, 6) is 0. The molecule has 1 saturated carbocycles. The van der Waals surface area contributed by atoms with Crippen LogP contribution < -0.4 is 5.73 Å². The highest BCUT2D eigenvalue weighted by molar-refractivity contribution is 5.65. The molecular weight excluding hydrogens is 260 g/mol. The van der Waals surface area contributed by atoms with Crippen molar-refractivity contribution < 1.29 is 14.5 Å². The van der Waals surface area contributed by atoms with Crippen molar-refractivity contribution in [1.82, 2.24) is 0 Å². The summed E-state index contributed by atoms with van der Waals surface area (Å²) in [6.45, 7) is 0. The quantitative estimate of drug-likeness (QED) is 0.676. The third-order valence-electron chi connectivity index (χ3n) is 3.73. The minimum absolute atomic E-state index is 0.0486. The SMILES string of the molecule is NC(=O)OC1(Cc2cccc([N+](=O)[O-])c2)CCCCC1. The summed E-state index contributed by atoms with van der Waals surface area (Å²) < 4.78 is 5.35. The van der Waals surface area contributed by atoms with Gasteiger partial charge in [0.1, 0.15) is 5.60 Å². The monoisotopic (exact) mass is 278 g/mol. The van der Waals surface area contributed by atoms with E-state index in [-0.39, 0.29) is 5.69 Å². The van der Waals surface area contributed by atoms with E-state index >= 15 is 0 Å². The topological polar surface area (TPSA) is 95.5 Å². The average Bonchev–Trinajstić information content (AvgIpc) is 2.38. The van der Waals surface area contributed by atoms with Crippen LogP contribution in [0.2, 0.25) is 0 Å². The number of nitro benzene ring substituents is 1. The van der Waals surface area contributed by atoms with E-state index in [0.29, 0.717) is 6.42 Å². The first-order chi connectivity index (χ1) is 9.51. The standard InChI is InChI=1S/C14H18N2O4/c15-13(17)20-14(7-2-1-3-8-14)10-11-5-4-6-12(9-11)16(18)19/h4-6,9H,1-3,7-8,10H2,(H2,15,17). The van der Waals surface area contributed by atoms with Gasteiger partial charge < -0.3 is 10.5 Å². The van der Waals surface area contributed by atoms with E-state index in [2.05, 4.69) is 0 Å². The molecule has 2 N–H and O–H groups in total. The van der Waals surface area contributed by atoms with Crippen molar-refractivity contribution in [2.75, 3.05) is 0 Å². The van der Waals surface area contributed by atoms with Crippen LogP contribution in [0.3, 0.4) is 0 Å². The molecule has 0 atom stereocenters. The number of ether oxygens (including phenoxy) is 1. The predicted molar refractivity (Wildman–Crippen MR) is 73.3 cm³/mol. The lowest BCUT2D eigenvalue weighted by molar-refractivity contribution is -0.384. The predicted octanol–water partition coefficient (Wildman–Crippen LogP) is 2.94. The Bertz CT molecular complexity index is 510. The minimum atomic E-state index is -0.780. The molecule has 1 amide bonds. The Balaban J connectivity index is 2.20. The molecule has 2 rings (SSSR count). The molecule has 0 spiro atoms. The van der Waals surface area contributed by atoms with Gasteiger partial charge in [0.15, 0.2) is 0 Å². The highest BCUT2D eigenvalue weighted by Gasteiger charge is 2.35. The lowest BCUT2D eigenvalue weighted by Crippen LogP contribution is -2.41. The highest BCUT2D eigenvalue weighted by atomic mass is 16.6. The molecule has 1 fully saturated rings. The number of primary amides is 1. The van der Waals surface area contributed by atoms with Gasteiger partial charge in [-0.05, 0) is 31.2 Å². The number of carbonyl (C=O) groups excluding carboxylic acids is 1. The fraction of sp³-hybridized carbons (Fsp3) is 0.500. The number of nitrogens with zero attached hydrogens (tertiary/aromatic N) is 1. The molecule has 0 heterocycles. The molecule has 108 valence electrons. The van der Waals surface area contributed by atoms with Crippen molar-refractivity contribution in [3.63, 3.8) is 0 Å². The average molecular weight is 278 g/mol. The van der Waals surface area contributed by atoms with Gasteiger partial charge >= 0.3 is 6.09 Å². The van der Waals surface area contributed by atoms with E-state index in [0.717, 1.165) is 37.7 Å². The molecule has 0 bridgehead atoms. The number of benzene rings is 1. The van der Waals surface area contributed by atoms with Crippen LogP contribution in [-0.2, 0) is 11.2 Å². The first-order valence-corrected chi connectivity index (χ1v) is 6.73. The van der Waals surface area contributed by atoms with Gasteiger partial charge in [0.25, 0.3) is 5.69 Å². The number of hydrogen-bond acceptors (Lipinski definition) is 4. The molecule has 6 nitrogen and oxygen atoms in total. The Morgan fingerprint density at radius 2 is 2.05 bits per heavy atom. The molecule has 1 aliphatic carbocycles. The smallest absolute Gasteiger partial charge is 0.405 e. The fourth-order valence-electron chi connectivity index (χ4n) is 2.88. The van der Waals surface area contributed by atoms with Gasteiger partial charge in [-0.15, -0.1) is 0 Å². The molecule has 0 saturated heterocycles. The van der Waals surface area contributed by atoms with Gasteiger partial charge in [-0.25, -0.2) is 4.79 Å². The summed E-state index contributed by atoms with van der Waals surface area (Å²) >= 11 is 0. The zero-order chi connectivity index (χ0) is 14.6. The van der Waals surface area contributed by atoms with E-state index in [1.54, 1.807) is 6.07 Å². The first-order valence-electron chi connectivity index (χ1n) is 6.73. The maximum absolute atomic E-state index is 11.1.